The molecule has 0 radical (unpaired) electrons. The maximum Gasteiger partial charge on any atom is 0.209 e. The summed E-state index contributed by atoms with van der Waals surface area (Å²) in [5, 5.41) is 11.1. The van der Waals surface area contributed by atoms with Crippen molar-refractivity contribution in [3.05, 3.63) is 24.6 Å². The molecule has 0 aliphatic carbocycles. The van der Waals surface area contributed by atoms with Crippen molar-refractivity contribution >= 4 is 11.8 Å². The van der Waals surface area contributed by atoms with Crippen LogP contribution in [-0.2, 0) is 4.79 Å². The average molecular weight is 378 g/mol. The fraction of sp³-hybridized carbons (Fsp3) is 0.727. The normalized spacial score (nSPS) is 20.3. The van der Waals surface area contributed by atoms with E-state index in [2.05, 4.69) is 24.1 Å². The van der Waals surface area contributed by atoms with E-state index in [0.29, 0.717) is 0 Å². The molecule has 0 saturated carbocycles. The van der Waals surface area contributed by atoms with E-state index in [0.717, 1.165) is 25.1 Å². The zero-order valence-electron chi connectivity index (χ0n) is 17.4. The highest BCUT2D eigenvalue weighted by atomic mass is 16.4. The van der Waals surface area contributed by atoms with Gasteiger partial charge in [-0.15, -0.1) is 0 Å². The molecule has 1 rings (SSSR count). The molecule has 0 fully saturated rings. The fourth-order valence-corrected chi connectivity index (χ4v) is 3.58. The molecule has 0 aromatic carbocycles. The van der Waals surface area contributed by atoms with Crippen molar-refractivity contribution in [2.45, 2.75) is 97.1 Å². The van der Waals surface area contributed by atoms with E-state index in [9.17, 15) is 9.90 Å². The van der Waals surface area contributed by atoms with Crippen molar-refractivity contribution in [2.24, 2.45) is 10.7 Å². The Hall–Kier alpha value is -1.46. The van der Waals surface area contributed by atoms with Crippen LogP contribution in [0.15, 0.2) is 29.5 Å². The Morgan fingerprint density at radius 2 is 1.70 bits per heavy atom. The summed E-state index contributed by atoms with van der Waals surface area (Å²) in [5.74, 6) is -0.245. The van der Waals surface area contributed by atoms with Gasteiger partial charge in [0.15, 0.2) is 0 Å². The first-order valence-corrected chi connectivity index (χ1v) is 10.8. The lowest BCUT2D eigenvalue weighted by molar-refractivity contribution is -0.808. The molecule has 154 valence electrons. The maximum atomic E-state index is 11.1. The van der Waals surface area contributed by atoms with E-state index in [1.54, 1.807) is 12.4 Å². The Morgan fingerprint density at radius 1 is 1.11 bits per heavy atom. The molecule has 1 heterocycles. The molecule has 0 amide bonds. The lowest BCUT2D eigenvalue weighted by Gasteiger charge is -2.36. The zero-order valence-corrected chi connectivity index (χ0v) is 17.4. The van der Waals surface area contributed by atoms with Gasteiger partial charge >= 0.3 is 0 Å². The predicted molar refractivity (Wildman–Crippen MR) is 111 cm³/mol. The number of nitrogens with zero attached hydrogens (tertiary/aromatic N) is 2. The van der Waals surface area contributed by atoms with Crippen molar-refractivity contribution in [3.8, 4) is 0 Å². The second-order valence-corrected chi connectivity index (χ2v) is 7.67. The largest absolute Gasteiger partial charge is 0.544 e. The number of carboxylic acids is 1. The number of allylic oxidation sites excluding steroid dienone is 2. The highest BCUT2D eigenvalue weighted by Gasteiger charge is 2.38. The van der Waals surface area contributed by atoms with E-state index >= 15 is 0 Å². The lowest BCUT2D eigenvalue weighted by Crippen LogP contribution is -2.60. The van der Waals surface area contributed by atoms with Gasteiger partial charge in [0.1, 0.15) is 18.9 Å². The van der Waals surface area contributed by atoms with Crippen LogP contribution in [-0.4, -0.2) is 29.0 Å². The van der Waals surface area contributed by atoms with Crippen LogP contribution < -0.4 is 10.8 Å². The third-order valence-corrected chi connectivity index (χ3v) is 5.32. The van der Waals surface area contributed by atoms with Gasteiger partial charge in [0, 0.05) is 13.3 Å². The summed E-state index contributed by atoms with van der Waals surface area (Å²) < 4.78 is 0.103. The summed E-state index contributed by atoms with van der Waals surface area (Å²) in [5.41, 5.74) is 6.06. The average Bonchev–Trinajstić information content (AvgIpc) is 3.02. The Labute approximate surface area is 165 Å². The van der Waals surface area contributed by atoms with Crippen LogP contribution in [0.1, 0.15) is 90.9 Å². The molecule has 1 aliphatic rings. The van der Waals surface area contributed by atoms with Crippen LogP contribution in [0.25, 0.3) is 0 Å². The van der Waals surface area contributed by atoms with Crippen molar-refractivity contribution in [2.75, 3.05) is 6.54 Å². The van der Waals surface area contributed by atoms with Gasteiger partial charge in [0.2, 0.25) is 5.84 Å². The number of quaternary nitrogens is 1. The molecule has 5 nitrogen and oxygen atoms in total. The number of hydrogen-bond donors (Lipinski definition) is 1. The summed E-state index contributed by atoms with van der Waals surface area (Å²) in [6, 6.07) is 0. The second kappa shape index (κ2) is 13.7. The highest BCUT2D eigenvalue weighted by Crippen LogP contribution is 2.23. The second-order valence-electron chi connectivity index (χ2n) is 7.67. The monoisotopic (exact) mass is 377 g/mol. The van der Waals surface area contributed by atoms with Crippen molar-refractivity contribution in [1.82, 2.24) is 0 Å². The van der Waals surface area contributed by atoms with Gasteiger partial charge in [-0.05, 0) is 32.1 Å². The summed E-state index contributed by atoms with van der Waals surface area (Å²) in [6.45, 7) is 3.93. The number of carboxylic acid groups (broad SMARTS) is 1. The number of amidine groups is 1. The summed E-state index contributed by atoms with van der Waals surface area (Å²) in [7, 11) is 0. The molecule has 5 heteroatoms. The van der Waals surface area contributed by atoms with Crippen molar-refractivity contribution < 1.29 is 14.4 Å². The van der Waals surface area contributed by atoms with Crippen molar-refractivity contribution in [3.63, 3.8) is 0 Å². The number of carbonyl (C=O) groups excluding carboxylic acids is 1. The topological polar surface area (TPSA) is 78.5 Å². The molecule has 2 N–H and O–H groups in total. The lowest BCUT2D eigenvalue weighted by atomic mass is 10.1. The van der Waals surface area contributed by atoms with Crippen molar-refractivity contribution in [1.29, 1.82) is 0 Å². The van der Waals surface area contributed by atoms with Gasteiger partial charge in [0.05, 0.1) is 12.2 Å². The summed E-state index contributed by atoms with van der Waals surface area (Å²) >= 11 is 0. The number of carbonyl (C=O) groups is 1. The Kier molecular flexibility index (Phi) is 11.9. The highest BCUT2D eigenvalue weighted by molar-refractivity contribution is 5.81. The Balaban J connectivity index is 2.12. The van der Waals surface area contributed by atoms with Crippen LogP contribution >= 0.6 is 0 Å². The molecule has 0 aromatic rings. The van der Waals surface area contributed by atoms with Crippen LogP contribution in [0, 0.1) is 0 Å². The standard InChI is InChI=1S/C22H39N3O2/c1-3-4-5-6-7-8-9-10-11-12-13-14-15-16-21-24-17-18-25(21,20(2)23)19-22(26)27/h8-9,17-18,20H,3-7,10-16,19,23H2,1-2H3/b9-8+. The number of aliphatic imine (C=N–C) groups is 1. The Bertz CT molecular complexity index is 512. The van der Waals surface area contributed by atoms with E-state index in [1.807, 2.05) is 6.92 Å². The third kappa shape index (κ3) is 8.85. The predicted octanol–water partition coefficient (Wildman–Crippen LogP) is 4.00. The van der Waals surface area contributed by atoms with Crippen LogP contribution in [0.4, 0.5) is 0 Å². The smallest absolute Gasteiger partial charge is 0.209 e. The molecule has 2 atom stereocenters. The number of unbranched alkanes of at least 4 members (excludes halogenated alkanes) is 9. The third-order valence-electron chi connectivity index (χ3n) is 5.32. The van der Waals surface area contributed by atoms with Crippen LogP contribution in [0.5, 0.6) is 0 Å². The molecule has 27 heavy (non-hydrogen) atoms. The summed E-state index contributed by atoms with van der Waals surface area (Å²) in [4.78, 5) is 15.5. The van der Waals surface area contributed by atoms with Gasteiger partial charge in [-0.3, -0.25) is 5.73 Å². The first kappa shape index (κ1) is 23.6. The number of nitrogens with two attached hydrogens (primary N) is 1. The molecular weight excluding hydrogens is 338 g/mol. The maximum absolute atomic E-state index is 11.1. The van der Waals surface area contributed by atoms with Gasteiger partial charge in [-0.25, -0.2) is 9.48 Å². The minimum Gasteiger partial charge on any atom is -0.544 e. The SMILES string of the molecule is CCCCCC/C=C/CCCCCCCC1=NC=C[N+]1(CC(=O)[O-])C(C)N. The molecule has 0 saturated heterocycles. The van der Waals surface area contributed by atoms with Gasteiger partial charge in [-0.1, -0.05) is 57.6 Å². The fourth-order valence-electron chi connectivity index (χ4n) is 3.58. The first-order valence-electron chi connectivity index (χ1n) is 10.8. The number of hydrogen-bond acceptors (Lipinski definition) is 4. The minimum atomic E-state index is -1.09. The quantitative estimate of drug-likeness (QED) is 0.251. The van der Waals surface area contributed by atoms with E-state index in [4.69, 9.17) is 5.73 Å². The molecule has 0 spiro atoms. The van der Waals surface area contributed by atoms with E-state index in [1.165, 1.54) is 57.8 Å². The number of rotatable bonds is 16. The van der Waals surface area contributed by atoms with Gasteiger partial charge in [0.25, 0.3) is 0 Å². The molecule has 2 unspecified atom stereocenters. The van der Waals surface area contributed by atoms with Crippen LogP contribution in [0.3, 0.4) is 0 Å². The molecule has 1 aliphatic heterocycles. The Morgan fingerprint density at radius 3 is 2.30 bits per heavy atom. The molecule has 0 aromatic heterocycles. The summed E-state index contributed by atoms with van der Waals surface area (Å²) in [6.07, 6.45) is 22.2. The van der Waals surface area contributed by atoms with E-state index < -0.39 is 5.97 Å². The molecular formula is C22H39N3O2. The number of aliphatic carboxylic acids is 1. The van der Waals surface area contributed by atoms with Crippen LogP contribution in [0.2, 0.25) is 0 Å². The first-order chi connectivity index (χ1) is 13.0. The minimum absolute atomic E-state index is 0.103. The molecule has 0 bridgehead atoms. The van der Waals surface area contributed by atoms with Gasteiger partial charge < -0.3 is 9.90 Å². The van der Waals surface area contributed by atoms with E-state index in [-0.39, 0.29) is 17.2 Å². The van der Waals surface area contributed by atoms with Gasteiger partial charge in [-0.2, -0.15) is 0 Å². The zero-order chi connectivity index (χ0) is 20.0.